The molecule has 0 saturated carbocycles. The van der Waals surface area contributed by atoms with Gasteiger partial charge in [0.05, 0.1) is 5.75 Å². The fourth-order valence-corrected chi connectivity index (χ4v) is 0.735. The second-order valence-electron chi connectivity index (χ2n) is 1.04. The van der Waals surface area contributed by atoms with Crippen LogP contribution in [0.4, 0.5) is 0 Å². The summed E-state index contributed by atoms with van der Waals surface area (Å²) in [5.41, 5.74) is 0. The van der Waals surface area contributed by atoms with E-state index in [1.54, 1.807) is 0 Å². The maximum atomic E-state index is 10.1. The van der Waals surface area contributed by atoms with Crippen LogP contribution >= 0.6 is 0 Å². The molecule has 0 fully saturated rings. The van der Waals surface area contributed by atoms with Crippen molar-refractivity contribution in [2.75, 3.05) is 5.75 Å². The van der Waals surface area contributed by atoms with Crippen LogP contribution < -0.4 is 0 Å². The van der Waals surface area contributed by atoms with Gasteiger partial charge in [-0.25, -0.2) is 4.21 Å². The maximum Gasteiger partial charge on any atom is 0.145 e. The predicted octanol–water partition coefficient (Wildman–Crippen LogP) is 0.392. The Kier molecular flexibility index (Phi) is 2.42. The largest absolute Gasteiger partial charge is 0.305 e. The molecule has 0 saturated heterocycles. The second-order valence-corrected chi connectivity index (χ2v) is 4.10. The van der Waals surface area contributed by atoms with Gasteiger partial charge in [0.1, 0.15) is 8.77 Å². The highest BCUT2D eigenvalue weighted by Gasteiger charge is 1.90. The number of hydrogen-bond acceptors (Lipinski definition) is 2. The molecular weight excluding hydrogens is 132 g/mol. The van der Waals surface area contributed by atoms with E-state index in [0.717, 1.165) is 0 Å². The minimum atomic E-state index is -2.96. The standard InChI is InChI=1S/C3H6O2S2/c1-2-3-7(4,5)6/h2H,1,3H2,(H,4,5,6). The Bertz CT molecular complexity index is 144. The molecule has 0 spiro atoms. The summed E-state index contributed by atoms with van der Waals surface area (Å²) >= 11 is 4.10. The Labute approximate surface area is 47.7 Å². The summed E-state index contributed by atoms with van der Waals surface area (Å²) in [5.74, 6) is 0.00231. The van der Waals surface area contributed by atoms with Crippen molar-refractivity contribution in [3.63, 3.8) is 0 Å². The van der Waals surface area contributed by atoms with Crippen LogP contribution in [0.5, 0.6) is 0 Å². The van der Waals surface area contributed by atoms with Crippen molar-refractivity contribution in [1.82, 2.24) is 0 Å². The Morgan fingerprint density at radius 3 is 2.43 bits per heavy atom. The van der Waals surface area contributed by atoms with Gasteiger partial charge in [0.2, 0.25) is 0 Å². The Balaban J connectivity index is 3.84. The van der Waals surface area contributed by atoms with Crippen LogP contribution in [0.15, 0.2) is 12.7 Å². The van der Waals surface area contributed by atoms with Crippen LogP contribution in [0.1, 0.15) is 0 Å². The fraction of sp³-hybridized carbons (Fsp3) is 0.333. The zero-order chi connectivity index (χ0) is 5.91. The van der Waals surface area contributed by atoms with E-state index in [1.807, 2.05) is 0 Å². The first-order valence-corrected chi connectivity index (χ1v) is 4.23. The van der Waals surface area contributed by atoms with Gasteiger partial charge in [-0.2, -0.15) is 0 Å². The van der Waals surface area contributed by atoms with Crippen LogP contribution in [0.25, 0.3) is 0 Å². The molecule has 0 amide bonds. The van der Waals surface area contributed by atoms with E-state index in [9.17, 15) is 4.21 Å². The van der Waals surface area contributed by atoms with Gasteiger partial charge < -0.3 is 4.55 Å². The Morgan fingerprint density at radius 2 is 2.43 bits per heavy atom. The van der Waals surface area contributed by atoms with Gasteiger partial charge in [0.15, 0.2) is 0 Å². The molecule has 1 unspecified atom stereocenters. The van der Waals surface area contributed by atoms with Crippen molar-refractivity contribution in [2.24, 2.45) is 0 Å². The third-order valence-electron chi connectivity index (χ3n) is 0.328. The van der Waals surface area contributed by atoms with E-state index in [2.05, 4.69) is 17.8 Å². The molecule has 0 aliphatic rings. The Hall–Kier alpha value is 0.0700. The van der Waals surface area contributed by atoms with Crippen molar-refractivity contribution >= 4 is 20.0 Å². The number of rotatable bonds is 2. The van der Waals surface area contributed by atoms with Crippen molar-refractivity contribution in [3.8, 4) is 0 Å². The molecule has 1 N–H and O–H groups in total. The van der Waals surface area contributed by atoms with Crippen LogP contribution in [0.3, 0.4) is 0 Å². The molecule has 2 nitrogen and oxygen atoms in total. The molecule has 0 aromatic carbocycles. The second kappa shape index (κ2) is 2.40. The maximum absolute atomic E-state index is 10.1. The summed E-state index contributed by atoms with van der Waals surface area (Å²) in [6.45, 7) is 3.24. The normalized spacial score (nSPS) is 17.9. The highest BCUT2D eigenvalue weighted by Crippen LogP contribution is 1.80. The molecule has 0 aromatic rings. The summed E-state index contributed by atoms with van der Waals surface area (Å²) < 4.78 is 18.4. The van der Waals surface area contributed by atoms with Gasteiger partial charge in [-0.15, -0.1) is 6.58 Å². The molecular formula is C3H6O2S2. The van der Waals surface area contributed by atoms with E-state index in [1.165, 1.54) is 6.08 Å². The highest BCUT2D eigenvalue weighted by atomic mass is 32.8. The molecule has 7 heavy (non-hydrogen) atoms. The lowest BCUT2D eigenvalue weighted by Crippen LogP contribution is -1.97. The lowest BCUT2D eigenvalue weighted by atomic mass is 10.8. The van der Waals surface area contributed by atoms with Crippen LogP contribution in [-0.4, -0.2) is 14.5 Å². The molecule has 1 atom stereocenters. The van der Waals surface area contributed by atoms with E-state index in [0.29, 0.717) is 0 Å². The minimum absolute atomic E-state index is 0.00231. The number of hydrogen-bond donors (Lipinski definition) is 1. The SMILES string of the molecule is C=CCS(=O)(O)=S. The van der Waals surface area contributed by atoms with Crippen LogP contribution in [0, 0.1) is 0 Å². The molecule has 0 aliphatic carbocycles. The molecule has 0 heterocycles. The zero-order valence-electron chi connectivity index (χ0n) is 3.66. The quantitative estimate of drug-likeness (QED) is 0.561. The van der Waals surface area contributed by atoms with Gasteiger partial charge in [0.25, 0.3) is 0 Å². The first-order valence-electron chi connectivity index (χ1n) is 1.62. The van der Waals surface area contributed by atoms with Gasteiger partial charge >= 0.3 is 0 Å². The third-order valence-corrected chi connectivity index (χ3v) is 1.39. The monoisotopic (exact) mass is 138 g/mol. The molecule has 0 bridgehead atoms. The van der Waals surface area contributed by atoms with Gasteiger partial charge in [0, 0.05) is 11.2 Å². The highest BCUT2D eigenvalue weighted by molar-refractivity contribution is 8.29. The topological polar surface area (TPSA) is 37.3 Å². The average Bonchev–Trinajstić information content (AvgIpc) is 1.30. The first kappa shape index (κ1) is 7.07. The Morgan fingerprint density at radius 1 is 2.00 bits per heavy atom. The van der Waals surface area contributed by atoms with Crippen molar-refractivity contribution in [3.05, 3.63) is 12.7 Å². The molecule has 0 radical (unpaired) electrons. The van der Waals surface area contributed by atoms with Crippen molar-refractivity contribution in [1.29, 1.82) is 0 Å². The third kappa shape index (κ3) is 6.07. The van der Waals surface area contributed by atoms with Gasteiger partial charge in [-0.3, -0.25) is 0 Å². The molecule has 42 valence electrons. The van der Waals surface area contributed by atoms with Crippen molar-refractivity contribution in [2.45, 2.75) is 0 Å². The minimum Gasteiger partial charge on any atom is -0.305 e. The summed E-state index contributed by atoms with van der Waals surface area (Å²) in [6, 6.07) is 0. The average molecular weight is 138 g/mol. The van der Waals surface area contributed by atoms with E-state index in [4.69, 9.17) is 4.55 Å². The molecule has 4 heteroatoms. The molecule has 0 rings (SSSR count). The summed E-state index contributed by atoms with van der Waals surface area (Å²) in [6.07, 6.45) is 1.33. The summed E-state index contributed by atoms with van der Waals surface area (Å²) in [5, 5.41) is 0. The van der Waals surface area contributed by atoms with Crippen LogP contribution in [-0.2, 0) is 20.0 Å². The zero-order valence-corrected chi connectivity index (χ0v) is 5.30. The van der Waals surface area contributed by atoms with Gasteiger partial charge in [-0.1, -0.05) is 6.08 Å². The van der Waals surface area contributed by atoms with Crippen LogP contribution in [0.2, 0.25) is 0 Å². The van der Waals surface area contributed by atoms with Crippen molar-refractivity contribution < 1.29 is 8.76 Å². The lowest BCUT2D eigenvalue weighted by molar-refractivity contribution is 0.565. The van der Waals surface area contributed by atoms with E-state index < -0.39 is 8.77 Å². The fourth-order valence-electron chi connectivity index (χ4n) is 0.149. The van der Waals surface area contributed by atoms with Gasteiger partial charge in [-0.05, 0) is 0 Å². The molecule has 0 aliphatic heterocycles. The summed E-state index contributed by atoms with van der Waals surface area (Å²) in [4.78, 5) is 0. The lowest BCUT2D eigenvalue weighted by Gasteiger charge is -1.86. The van der Waals surface area contributed by atoms with E-state index >= 15 is 0 Å². The smallest absolute Gasteiger partial charge is 0.145 e. The molecule has 0 aromatic heterocycles. The van der Waals surface area contributed by atoms with E-state index in [-0.39, 0.29) is 5.75 Å². The first-order chi connectivity index (χ1) is 3.06. The predicted molar refractivity (Wildman–Crippen MR) is 33.2 cm³/mol. The summed E-state index contributed by atoms with van der Waals surface area (Å²) in [7, 11) is -2.96.